The van der Waals surface area contributed by atoms with Gasteiger partial charge in [-0.2, -0.15) is 0 Å². The van der Waals surface area contributed by atoms with Gasteiger partial charge in [-0.25, -0.2) is 0 Å². The monoisotopic (exact) mass is 365 g/mol. The van der Waals surface area contributed by atoms with Crippen molar-refractivity contribution in [2.24, 2.45) is 0 Å². The third-order valence-corrected chi connectivity index (χ3v) is 4.83. The van der Waals surface area contributed by atoms with Crippen molar-refractivity contribution in [2.45, 2.75) is 13.0 Å². The van der Waals surface area contributed by atoms with Gasteiger partial charge in [-0.15, -0.1) is 6.58 Å². The van der Waals surface area contributed by atoms with Crippen LogP contribution in [0.15, 0.2) is 49.1 Å². The van der Waals surface area contributed by atoms with Crippen molar-refractivity contribution in [3.05, 3.63) is 80.3 Å². The molecule has 0 aliphatic heterocycles. The summed E-state index contributed by atoms with van der Waals surface area (Å²) < 4.78 is 5.67. The minimum Gasteiger partial charge on any atom is -0.407 e. The van der Waals surface area contributed by atoms with Crippen molar-refractivity contribution in [1.29, 1.82) is 0 Å². The first-order chi connectivity index (χ1) is 11.0. The summed E-state index contributed by atoms with van der Waals surface area (Å²) >= 11 is 11.8. The van der Waals surface area contributed by atoms with E-state index in [0.717, 1.165) is 17.2 Å². The zero-order valence-electron chi connectivity index (χ0n) is 12.1. The molecule has 0 saturated heterocycles. The fourth-order valence-corrected chi connectivity index (χ4v) is 3.22. The predicted octanol–water partition coefficient (Wildman–Crippen LogP) is 4.09. The molecule has 2 rings (SSSR count). The molecule has 118 valence electrons. The van der Waals surface area contributed by atoms with E-state index in [1.807, 2.05) is 30.3 Å². The highest BCUT2D eigenvalue weighted by molar-refractivity contribution is 6.47. The molecule has 0 spiro atoms. The average molecular weight is 366 g/mol. The van der Waals surface area contributed by atoms with Crippen molar-refractivity contribution < 1.29 is 9.35 Å². The molecule has 0 saturated carbocycles. The molecule has 0 unspecified atom stereocenters. The van der Waals surface area contributed by atoms with E-state index in [1.165, 1.54) is 12.1 Å². The maximum absolute atomic E-state index is 11.1. The molecule has 0 fully saturated rings. The van der Waals surface area contributed by atoms with Crippen LogP contribution in [0.25, 0.3) is 0 Å². The molecule has 0 aromatic heterocycles. The zero-order chi connectivity index (χ0) is 16.8. The second-order valence-electron chi connectivity index (χ2n) is 4.69. The average Bonchev–Trinajstić information content (AvgIpc) is 2.52. The van der Waals surface area contributed by atoms with Crippen LogP contribution in [0, 0.1) is 10.1 Å². The Bertz CT molecular complexity index is 737. The largest absolute Gasteiger partial charge is 0.407 e. The number of halogens is 2. The number of nitro benzene ring substituents is 1. The van der Waals surface area contributed by atoms with E-state index in [2.05, 4.69) is 6.58 Å². The standard InChI is InChI=1S/C16H13Cl2NO3Si/c1-2-5-11-6-3-4-7-16(11)23-22-10-12-8-13(17)14(18)9-15(12)19(20)21/h2-4,6-9H,1,5,10H2. The van der Waals surface area contributed by atoms with Crippen LogP contribution in [0.2, 0.25) is 10.0 Å². The van der Waals surface area contributed by atoms with Crippen LogP contribution >= 0.6 is 23.2 Å². The van der Waals surface area contributed by atoms with E-state index >= 15 is 0 Å². The molecular formula is C16H13Cl2NO3Si. The fourth-order valence-electron chi connectivity index (χ4n) is 2.01. The van der Waals surface area contributed by atoms with Gasteiger partial charge in [0.2, 0.25) is 0 Å². The van der Waals surface area contributed by atoms with Crippen LogP contribution < -0.4 is 5.19 Å². The summed E-state index contributed by atoms with van der Waals surface area (Å²) in [5, 5.41) is 12.6. The van der Waals surface area contributed by atoms with Crippen LogP contribution in [0.4, 0.5) is 5.69 Å². The molecular weight excluding hydrogens is 353 g/mol. The first kappa shape index (κ1) is 17.7. The van der Waals surface area contributed by atoms with Gasteiger partial charge in [0.05, 0.1) is 27.1 Å². The summed E-state index contributed by atoms with van der Waals surface area (Å²) in [4.78, 5) is 10.6. The molecule has 2 aromatic rings. The number of rotatable bonds is 7. The van der Waals surface area contributed by atoms with E-state index in [0.29, 0.717) is 5.56 Å². The molecule has 0 N–H and O–H groups in total. The normalized spacial score (nSPS) is 10.5. The van der Waals surface area contributed by atoms with Crippen LogP contribution in [0.3, 0.4) is 0 Å². The quantitative estimate of drug-likeness (QED) is 0.321. The van der Waals surface area contributed by atoms with Crippen LogP contribution in [-0.2, 0) is 17.5 Å². The SMILES string of the molecule is C=CCc1ccccc1[Si]OCc1cc(Cl)c(Cl)cc1[N+](=O)[O-]. The van der Waals surface area contributed by atoms with Gasteiger partial charge in [-0.1, -0.05) is 53.5 Å². The van der Waals surface area contributed by atoms with Gasteiger partial charge in [0.1, 0.15) is 0 Å². The van der Waals surface area contributed by atoms with Gasteiger partial charge >= 0.3 is 0 Å². The Hall–Kier alpha value is -1.66. The third-order valence-electron chi connectivity index (χ3n) is 3.11. The molecule has 2 aromatic carbocycles. The Balaban J connectivity index is 2.11. The summed E-state index contributed by atoms with van der Waals surface area (Å²) in [5.74, 6) is 0. The van der Waals surface area contributed by atoms with Gasteiger partial charge in [0.15, 0.2) is 0 Å². The lowest BCUT2D eigenvalue weighted by Gasteiger charge is -2.08. The highest BCUT2D eigenvalue weighted by Crippen LogP contribution is 2.30. The van der Waals surface area contributed by atoms with Gasteiger partial charge in [0, 0.05) is 6.07 Å². The first-order valence-electron chi connectivity index (χ1n) is 6.72. The van der Waals surface area contributed by atoms with Crippen LogP contribution in [0.1, 0.15) is 11.1 Å². The van der Waals surface area contributed by atoms with Gasteiger partial charge < -0.3 is 4.43 Å². The maximum Gasteiger partial charge on any atom is 0.276 e. The van der Waals surface area contributed by atoms with Crippen molar-refractivity contribution in [3.8, 4) is 0 Å². The minimum absolute atomic E-state index is 0.0762. The number of benzene rings is 2. The second kappa shape index (κ2) is 8.26. The Labute approximate surface area is 146 Å². The highest BCUT2D eigenvalue weighted by atomic mass is 35.5. The van der Waals surface area contributed by atoms with Gasteiger partial charge in [-0.3, -0.25) is 10.1 Å². The Morgan fingerprint density at radius 2 is 1.91 bits per heavy atom. The summed E-state index contributed by atoms with van der Waals surface area (Å²) in [7, 11) is 0.0762. The first-order valence-corrected chi connectivity index (χ1v) is 8.38. The number of allylic oxidation sites excluding steroid dienone is 1. The number of nitro groups is 1. The van der Waals surface area contributed by atoms with Gasteiger partial charge in [-0.05, 0) is 23.2 Å². The molecule has 2 radical (unpaired) electrons. The number of hydrogen-bond donors (Lipinski definition) is 0. The zero-order valence-corrected chi connectivity index (χ0v) is 14.6. The van der Waals surface area contributed by atoms with E-state index in [-0.39, 0.29) is 32.1 Å². The Kier molecular flexibility index (Phi) is 6.35. The minimum atomic E-state index is -0.490. The summed E-state index contributed by atoms with van der Waals surface area (Å²) in [6, 6.07) is 10.6. The van der Waals surface area contributed by atoms with Gasteiger partial charge in [0.25, 0.3) is 15.5 Å². The molecule has 0 aliphatic carbocycles. The van der Waals surface area contributed by atoms with Crippen molar-refractivity contribution in [1.82, 2.24) is 0 Å². The van der Waals surface area contributed by atoms with E-state index in [9.17, 15) is 10.1 Å². The van der Waals surface area contributed by atoms with Crippen molar-refractivity contribution in [2.75, 3.05) is 0 Å². The molecule has 0 aliphatic rings. The van der Waals surface area contributed by atoms with E-state index in [4.69, 9.17) is 27.6 Å². The maximum atomic E-state index is 11.1. The number of hydrogen-bond acceptors (Lipinski definition) is 3. The molecule has 4 nitrogen and oxygen atoms in total. The molecule has 23 heavy (non-hydrogen) atoms. The molecule has 0 atom stereocenters. The lowest BCUT2D eigenvalue weighted by atomic mass is 10.1. The lowest BCUT2D eigenvalue weighted by Crippen LogP contribution is -2.21. The van der Waals surface area contributed by atoms with Crippen molar-refractivity contribution >= 4 is 43.8 Å². The lowest BCUT2D eigenvalue weighted by molar-refractivity contribution is -0.385. The number of nitrogens with zero attached hydrogens (tertiary/aromatic N) is 1. The summed E-state index contributed by atoms with van der Waals surface area (Å²) in [6.45, 7) is 3.83. The molecule has 7 heteroatoms. The van der Waals surface area contributed by atoms with Crippen molar-refractivity contribution in [3.63, 3.8) is 0 Å². The molecule has 0 amide bonds. The van der Waals surface area contributed by atoms with Crippen LogP contribution in [-0.4, -0.2) is 14.7 Å². The predicted molar refractivity (Wildman–Crippen MR) is 93.6 cm³/mol. The molecule has 0 bridgehead atoms. The fraction of sp³-hybridized carbons (Fsp3) is 0.125. The van der Waals surface area contributed by atoms with E-state index in [1.54, 1.807) is 0 Å². The summed E-state index contributed by atoms with van der Waals surface area (Å²) in [5.41, 5.74) is 1.44. The molecule has 0 heterocycles. The smallest absolute Gasteiger partial charge is 0.276 e. The summed E-state index contributed by atoms with van der Waals surface area (Å²) in [6.07, 6.45) is 2.58. The highest BCUT2D eigenvalue weighted by Gasteiger charge is 2.17. The van der Waals surface area contributed by atoms with E-state index < -0.39 is 4.92 Å². The second-order valence-corrected chi connectivity index (χ2v) is 6.54. The Morgan fingerprint density at radius 1 is 1.22 bits per heavy atom. The topological polar surface area (TPSA) is 52.4 Å². The Morgan fingerprint density at radius 3 is 2.61 bits per heavy atom. The van der Waals surface area contributed by atoms with Crippen LogP contribution in [0.5, 0.6) is 0 Å². The third kappa shape index (κ3) is 4.65.